The number of aldehydes is 1. The quantitative estimate of drug-likeness (QED) is 0.538. The van der Waals surface area contributed by atoms with E-state index in [1.54, 1.807) is 13.1 Å². The van der Waals surface area contributed by atoms with Crippen molar-refractivity contribution in [2.24, 2.45) is 0 Å². The summed E-state index contributed by atoms with van der Waals surface area (Å²) in [5.74, 6) is -0.154. The van der Waals surface area contributed by atoms with Crippen LogP contribution in [-0.4, -0.2) is 37.7 Å². The van der Waals surface area contributed by atoms with Gasteiger partial charge in [-0.15, -0.1) is 0 Å². The lowest BCUT2D eigenvalue weighted by Gasteiger charge is -2.24. The number of amides is 1. The number of benzene rings is 2. The predicted octanol–water partition coefficient (Wildman–Crippen LogP) is 3.49. The van der Waals surface area contributed by atoms with Gasteiger partial charge in [0.1, 0.15) is 6.29 Å². The topological polar surface area (TPSA) is 40.6 Å². The van der Waals surface area contributed by atoms with Crippen molar-refractivity contribution in [2.45, 2.75) is 11.9 Å². The van der Waals surface area contributed by atoms with Crippen molar-refractivity contribution >= 4 is 33.8 Å². The number of carbonyl (C=O) groups is 2. The maximum absolute atomic E-state index is 12.5. The molecule has 0 N–H and O–H groups in total. The Balaban J connectivity index is 2.21. The Kier molecular flexibility index (Phi) is 6.55. The molecule has 5 heteroatoms. The lowest BCUT2D eigenvalue weighted by atomic mass is 10.1. The van der Waals surface area contributed by atoms with Gasteiger partial charge in [-0.1, -0.05) is 52.3 Å². The zero-order chi connectivity index (χ0) is 17.5. The second-order valence-electron chi connectivity index (χ2n) is 5.68. The smallest absolute Gasteiger partial charge is 0.256 e. The van der Waals surface area contributed by atoms with E-state index < -0.39 is 0 Å². The van der Waals surface area contributed by atoms with E-state index in [1.807, 2.05) is 30.1 Å². The highest BCUT2D eigenvalue weighted by Crippen LogP contribution is 2.22. The van der Waals surface area contributed by atoms with E-state index in [0.29, 0.717) is 12.1 Å². The molecule has 0 aliphatic carbocycles. The summed E-state index contributed by atoms with van der Waals surface area (Å²) in [4.78, 5) is 26.7. The average molecular weight is 389 g/mol. The number of anilines is 1. The molecule has 0 aromatic heterocycles. The molecule has 2 rings (SSSR count). The largest absolute Gasteiger partial charge is 0.370 e. The number of carbonyl (C=O) groups excluding carboxylic acids is 2. The summed E-state index contributed by atoms with van der Waals surface area (Å²) in [5.41, 5.74) is 3.85. The summed E-state index contributed by atoms with van der Waals surface area (Å²) in [6.07, 6.45) is 0.732. The Morgan fingerprint density at radius 2 is 1.67 bits per heavy atom. The fourth-order valence-electron chi connectivity index (χ4n) is 2.48. The number of likely N-dealkylation sites (N-methyl/N-ethyl adjacent to an activating group) is 1. The van der Waals surface area contributed by atoms with Crippen LogP contribution in [0.25, 0.3) is 0 Å². The van der Waals surface area contributed by atoms with Gasteiger partial charge < -0.3 is 14.6 Å². The third-order valence-electron chi connectivity index (χ3n) is 3.84. The first-order valence-corrected chi connectivity index (χ1v) is 8.82. The molecule has 0 aliphatic heterocycles. The summed E-state index contributed by atoms with van der Waals surface area (Å²) in [6, 6.07) is 15.8. The normalized spacial score (nSPS) is 10.3. The molecule has 0 unspecified atom stereocenters. The molecule has 0 radical (unpaired) electrons. The van der Waals surface area contributed by atoms with E-state index in [9.17, 15) is 9.59 Å². The van der Waals surface area contributed by atoms with Crippen LogP contribution in [0.4, 0.5) is 5.69 Å². The molecule has 0 saturated carbocycles. The SMILES string of the molecule is CN(CC=O)C(=O)c1ccccc1N(C)Cc1ccc(CBr)cc1. The molecular formula is C19H21BrN2O2. The van der Waals surface area contributed by atoms with Gasteiger partial charge in [0.15, 0.2) is 0 Å². The van der Waals surface area contributed by atoms with E-state index >= 15 is 0 Å². The lowest BCUT2D eigenvalue weighted by molar-refractivity contribution is -0.108. The van der Waals surface area contributed by atoms with Crippen LogP contribution in [0.2, 0.25) is 0 Å². The van der Waals surface area contributed by atoms with Gasteiger partial charge >= 0.3 is 0 Å². The number of halogens is 1. The summed E-state index contributed by atoms with van der Waals surface area (Å²) in [5, 5.41) is 0.837. The van der Waals surface area contributed by atoms with Crippen LogP contribution in [0.1, 0.15) is 21.5 Å². The predicted molar refractivity (Wildman–Crippen MR) is 101 cm³/mol. The van der Waals surface area contributed by atoms with Crippen LogP contribution < -0.4 is 4.90 Å². The lowest BCUT2D eigenvalue weighted by Crippen LogP contribution is -2.30. The third-order valence-corrected chi connectivity index (χ3v) is 4.49. The van der Waals surface area contributed by atoms with Crippen molar-refractivity contribution in [1.29, 1.82) is 0 Å². The maximum atomic E-state index is 12.5. The minimum Gasteiger partial charge on any atom is -0.370 e. The van der Waals surface area contributed by atoms with Gasteiger partial charge in [0.25, 0.3) is 5.91 Å². The van der Waals surface area contributed by atoms with Crippen molar-refractivity contribution in [1.82, 2.24) is 4.90 Å². The second kappa shape index (κ2) is 8.64. The van der Waals surface area contributed by atoms with Gasteiger partial charge in [0.2, 0.25) is 0 Å². The minimum atomic E-state index is -0.154. The number of alkyl halides is 1. The first-order chi connectivity index (χ1) is 11.6. The molecule has 2 aromatic rings. The maximum Gasteiger partial charge on any atom is 0.256 e. The highest BCUT2D eigenvalue weighted by molar-refractivity contribution is 9.08. The van der Waals surface area contributed by atoms with Crippen LogP contribution in [0.15, 0.2) is 48.5 Å². The summed E-state index contributed by atoms with van der Waals surface area (Å²) >= 11 is 3.44. The van der Waals surface area contributed by atoms with Crippen LogP contribution in [0, 0.1) is 0 Å². The molecule has 0 bridgehead atoms. The summed E-state index contributed by atoms with van der Waals surface area (Å²) < 4.78 is 0. The molecule has 0 aliphatic rings. The van der Waals surface area contributed by atoms with Crippen LogP contribution >= 0.6 is 15.9 Å². The monoisotopic (exact) mass is 388 g/mol. The standard InChI is InChI=1S/C19H21BrN2O2/c1-21(11-12-23)19(24)17-5-3-4-6-18(17)22(2)14-16-9-7-15(13-20)8-10-16/h3-10,12H,11,13-14H2,1-2H3. The van der Waals surface area contributed by atoms with Crippen molar-refractivity contribution in [2.75, 3.05) is 25.5 Å². The number of hydrogen-bond acceptors (Lipinski definition) is 3. The Morgan fingerprint density at radius 1 is 1.04 bits per heavy atom. The van der Waals surface area contributed by atoms with Crippen molar-refractivity contribution in [3.8, 4) is 0 Å². The summed E-state index contributed by atoms with van der Waals surface area (Å²) in [6.45, 7) is 0.787. The molecule has 24 heavy (non-hydrogen) atoms. The van der Waals surface area contributed by atoms with Gasteiger partial charge in [-0.2, -0.15) is 0 Å². The van der Waals surface area contributed by atoms with Gasteiger partial charge in [-0.3, -0.25) is 4.79 Å². The Hall–Kier alpha value is -2.14. The van der Waals surface area contributed by atoms with E-state index in [0.717, 1.165) is 17.3 Å². The van der Waals surface area contributed by atoms with Crippen LogP contribution in [-0.2, 0) is 16.7 Å². The number of para-hydroxylation sites is 1. The molecule has 1 amide bonds. The minimum absolute atomic E-state index is 0.0882. The van der Waals surface area contributed by atoms with Crippen molar-refractivity contribution in [3.05, 3.63) is 65.2 Å². The van der Waals surface area contributed by atoms with E-state index in [4.69, 9.17) is 0 Å². The first kappa shape index (κ1) is 18.2. The molecular weight excluding hydrogens is 368 g/mol. The van der Waals surface area contributed by atoms with Gasteiger partial charge in [0, 0.05) is 31.7 Å². The number of hydrogen-bond donors (Lipinski definition) is 0. The third kappa shape index (κ3) is 4.45. The molecule has 0 spiro atoms. The fourth-order valence-corrected chi connectivity index (χ4v) is 2.85. The van der Waals surface area contributed by atoms with Crippen LogP contribution in [0.5, 0.6) is 0 Å². The molecule has 0 heterocycles. The molecule has 126 valence electrons. The molecule has 4 nitrogen and oxygen atoms in total. The molecule has 2 aromatic carbocycles. The average Bonchev–Trinajstić information content (AvgIpc) is 2.62. The van der Waals surface area contributed by atoms with Gasteiger partial charge in [-0.05, 0) is 23.3 Å². The van der Waals surface area contributed by atoms with Crippen molar-refractivity contribution in [3.63, 3.8) is 0 Å². The Bertz CT molecular complexity index is 701. The molecule has 0 atom stereocenters. The van der Waals surface area contributed by atoms with Gasteiger partial charge in [-0.25, -0.2) is 0 Å². The Morgan fingerprint density at radius 3 is 2.29 bits per heavy atom. The van der Waals surface area contributed by atoms with Crippen molar-refractivity contribution < 1.29 is 9.59 Å². The van der Waals surface area contributed by atoms with E-state index in [1.165, 1.54) is 16.0 Å². The highest BCUT2D eigenvalue weighted by atomic mass is 79.9. The zero-order valence-corrected chi connectivity index (χ0v) is 15.5. The van der Waals surface area contributed by atoms with E-state index in [2.05, 4.69) is 40.2 Å². The number of nitrogens with zero attached hydrogens (tertiary/aromatic N) is 2. The molecule has 0 saturated heterocycles. The number of rotatable bonds is 7. The summed E-state index contributed by atoms with van der Waals surface area (Å²) in [7, 11) is 3.59. The van der Waals surface area contributed by atoms with E-state index in [-0.39, 0.29) is 12.5 Å². The fraction of sp³-hybridized carbons (Fsp3) is 0.263. The van der Waals surface area contributed by atoms with Gasteiger partial charge in [0.05, 0.1) is 12.1 Å². The second-order valence-corrected chi connectivity index (χ2v) is 6.24. The Labute approximate surface area is 151 Å². The first-order valence-electron chi connectivity index (χ1n) is 7.70. The molecule has 0 fully saturated rings. The van der Waals surface area contributed by atoms with Crippen LogP contribution in [0.3, 0.4) is 0 Å². The highest BCUT2D eigenvalue weighted by Gasteiger charge is 2.17. The zero-order valence-electron chi connectivity index (χ0n) is 13.9.